The summed E-state index contributed by atoms with van der Waals surface area (Å²) in [6.07, 6.45) is 0.0353. The van der Waals surface area contributed by atoms with Crippen molar-refractivity contribution in [1.29, 1.82) is 0 Å². The van der Waals surface area contributed by atoms with Crippen molar-refractivity contribution in [1.82, 2.24) is 4.90 Å². The van der Waals surface area contributed by atoms with Crippen LogP contribution in [-0.4, -0.2) is 36.1 Å². The summed E-state index contributed by atoms with van der Waals surface area (Å²) in [5.41, 5.74) is 0.521. The quantitative estimate of drug-likeness (QED) is 0.748. The van der Waals surface area contributed by atoms with E-state index in [0.29, 0.717) is 18.7 Å². The Balaban J connectivity index is 2.16. The molecule has 1 fully saturated rings. The number of morpholine rings is 1. The van der Waals surface area contributed by atoms with E-state index in [1.165, 1.54) is 24.3 Å². The summed E-state index contributed by atoms with van der Waals surface area (Å²) in [6.45, 7) is 5.06. The highest BCUT2D eigenvalue weighted by Gasteiger charge is 2.29. The molecule has 1 aliphatic heterocycles. The lowest BCUT2D eigenvalue weighted by Crippen LogP contribution is -2.51. The zero-order valence-electron chi connectivity index (χ0n) is 10.0. The molecule has 4 heteroatoms. The first kappa shape index (κ1) is 12.0. The highest BCUT2D eigenvalue weighted by atomic mass is 19.1. The van der Waals surface area contributed by atoms with Crippen LogP contribution >= 0.6 is 0 Å². The molecule has 0 spiro atoms. The van der Waals surface area contributed by atoms with E-state index in [1.54, 1.807) is 4.90 Å². The minimum Gasteiger partial charge on any atom is -0.375 e. The van der Waals surface area contributed by atoms with Crippen LogP contribution in [-0.2, 0) is 4.74 Å². The number of benzene rings is 1. The molecule has 0 aromatic heterocycles. The van der Waals surface area contributed by atoms with E-state index < -0.39 is 0 Å². The summed E-state index contributed by atoms with van der Waals surface area (Å²) in [4.78, 5) is 14.0. The Morgan fingerprint density at radius 3 is 2.65 bits per heavy atom. The lowest BCUT2D eigenvalue weighted by atomic mass is 10.1. The number of carbonyl (C=O) groups excluding carboxylic acids is 1. The van der Waals surface area contributed by atoms with Crippen molar-refractivity contribution in [2.75, 3.05) is 13.2 Å². The first-order chi connectivity index (χ1) is 8.09. The van der Waals surface area contributed by atoms with Gasteiger partial charge in [0, 0.05) is 12.1 Å². The van der Waals surface area contributed by atoms with Crippen LogP contribution in [0.5, 0.6) is 0 Å². The summed E-state index contributed by atoms with van der Waals surface area (Å²) in [7, 11) is 0. The maximum absolute atomic E-state index is 12.8. The fourth-order valence-corrected chi connectivity index (χ4v) is 1.98. The SMILES string of the molecule is CC1OCCN(C(=O)c2ccc(F)cc2)C1C. The Morgan fingerprint density at radius 2 is 2.00 bits per heavy atom. The van der Waals surface area contributed by atoms with E-state index in [2.05, 4.69) is 0 Å². The van der Waals surface area contributed by atoms with Crippen LogP contribution in [0.25, 0.3) is 0 Å². The predicted octanol–water partition coefficient (Wildman–Crippen LogP) is 2.08. The van der Waals surface area contributed by atoms with Gasteiger partial charge in [-0.15, -0.1) is 0 Å². The fourth-order valence-electron chi connectivity index (χ4n) is 1.98. The lowest BCUT2D eigenvalue weighted by Gasteiger charge is -2.37. The van der Waals surface area contributed by atoms with Gasteiger partial charge < -0.3 is 9.64 Å². The zero-order valence-corrected chi connectivity index (χ0v) is 10.0. The van der Waals surface area contributed by atoms with Crippen molar-refractivity contribution in [3.05, 3.63) is 35.6 Å². The summed E-state index contributed by atoms with van der Waals surface area (Å²) >= 11 is 0. The molecule has 2 unspecified atom stereocenters. The molecule has 0 radical (unpaired) electrons. The number of amides is 1. The standard InChI is InChI=1S/C13H16FNO2/c1-9-10(2)17-8-7-15(9)13(16)11-3-5-12(14)6-4-11/h3-6,9-10H,7-8H2,1-2H3. The van der Waals surface area contributed by atoms with Gasteiger partial charge in [0.15, 0.2) is 0 Å². The molecule has 0 N–H and O–H groups in total. The van der Waals surface area contributed by atoms with Gasteiger partial charge in [0.1, 0.15) is 5.82 Å². The molecule has 0 aliphatic carbocycles. The van der Waals surface area contributed by atoms with E-state index in [9.17, 15) is 9.18 Å². The van der Waals surface area contributed by atoms with Gasteiger partial charge in [-0.05, 0) is 38.1 Å². The van der Waals surface area contributed by atoms with Gasteiger partial charge in [-0.3, -0.25) is 4.79 Å². The maximum atomic E-state index is 12.8. The van der Waals surface area contributed by atoms with E-state index in [4.69, 9.17) is 4.74 Å². The molecule has 2 rings (SSSR count). The maximum Gasteiger partial charge on any atom is 0.254 e. The van der Waals surface area contributed by atoms with Crippen LogP contribution in [0.15, 0.2) is 24.3 Å². The number of nitrogens with zero attached hydrogens (tertiary/aromatic N) is 1. The molecule has 2 atom stereocenters. The number of rotatable bonds is 1. The average molecular weight is 237 g/mol. The molecule has 0 saturated carbocycles. The van der Waals surface area contributed by atoms with Gasteiger partial charge in [0.05, 0.1) is 18.8 Å². The number of ether oxygens (including phenoxy) is 1. The molecule has 1 aliphatic rings. The second kappa shape index (κ2) is 4.84. The van der Waals surface area contributed by atoms with Crippen LogP contribution in [0, 0.1) is 5.82 Å². The van der Waals surface area contributed by atoms with Crippen molar-refractivity contribution in [2.45, 2.75) is 26.0 Å². The first-order valence-electron chi connectivity index (χ1n) is 5.77. The number of halogens is 1. The van der Waals surface area contributed by atoms with Crippen molar-refractivity contribution in [3.63, 3.8) is 0 Å². The third-order valence-electron chi connectivity index (χ3n) is 3.24. The van der Waals surface area contributed by atoms with Gasteiger partial charge in [0.25, 0.3) is 5.91 Å². The first-order valence-corrected chi connectivity index (χ1v) is 5.77. The second-order valence-corrected chi connectivity index (χ2v) is 4.32. The summed E-state index contributed by atoms with van der Waals surface area (Å²) < 4.78 is 18.3. The lowest BCUT2D eigenvalue weighted by molar-refractivity contribution is -0.0440. The van der Waals surface area contributed by atoms with E-state index in [1.807, 2.05) is 13.8 Å². The van der Waals surface area contributed by atoms with Crippen LogP contribution in [0.3, 0.4) is 0 Å². The van der Waals surface area contributed by atoms with Crippen molar-refractivity contribution in [3.8, 4) is 0 Å². The third-order valence-corrected chi connectivity index (χ3v) is 3.24. The van der Waals surface area contributed by atoms with Crippen LogP contribution in [0.2, 0.25) is 0 Å². The topological polar surface area (TPSA) is 29.5 Å². The Hall–Kier alpha value is -1.42. The van der Waals surface area contributed by atoms with Gasteiger partial charge >= 0.3 is 0 Å². The molecule has 1 aromatic carbocycles. The molecule has 0 bridgehead atoms. The van der Waals surface area contributed by atoms with Crippen molar-refractivity contribution >= 4 is 5.91 Å². The largest absolute Gasteiger partial charge is 0.375 e. The Bertz CT molecular complexity index is 404. The third kappa shape index (κ3) is 2.47. The van der Waals surface area contributed by atoms with Crippen molar-refractivity contribution < 1.29 is 13.9 Å². The smallest absolute Gasteiger partial charge is 0.254 e. The number of hydrogen-bond donors (Lipinski definition) is 0. The molecule has 17 heavy (non-hydrogen) atoms. The molecule has 3 nitrogen and oxygen atoms in total. The minimum atomic E-state index is -0.329. The Labute approximate surface area is 100 Å². The van der Waals surface area contributed by atoms with Crippen LogP contribution in [0.4, 0.5) is 4.39 Å². The second-order valence-electron chi connectivity index (χ2n) is 4.32. The number of hydrogen-bond acceptors (Lipinski definition) is 2. The molecule has 1 amide bonds. The molecule has 1 saturated heterocycles. The minimum absolute atomic E-state index is 0.0353. The van der Waals surface area contributed by atoms with E-state index >= 15 is 0 Å². The molecule has 1 aromatic rings. The van der Waals surface area contributed by atoms with E-state index in [-0.39, 0.29) is 23.9 Å². The van der Waals surface area contributed by atoms with E-state index in [0.717, 1.165) is 0 Å². The van der Waals surface area contributed by atoms with Crippen molar-refractivity contribution in [2.24, 2.45) is 0 Å². The van der Waals surface area contributed by atoms with Gasteiger partial charge in [-0.2, -0.15) is 0 Å². The Morgan fingerprint density at radius 1 is 1.35 bits per heavy atom. The van der Waals surface area contributed by atoms with Gasteiger partial charge in [-0.25, -0.2) is 4.39 Å². The summed E-state index contributed by atoms with van der Waals surface area (Å²) in [5.74, 6) is -0.391. The van der Waals surface area contributed by atoms with Gasteiger partial charge in [-0.1, -0.05) is 0 Å². The molecular weight excluding hydrogens is 221 g/mol. The summed E-state index contributed by atoms with van der Waals surface area (Å²) in [6, 6.07) is 5.69. The van der Waals surface area contributed by atoms with Gasteiger partial charge in [0.2, 0.25) is 0 Å². The van der Waals surface area contributed by atoms with Crippen LogP contribution < -0.4 is 0 Å². The molecule has 92 valence electrons. The number of carbonyl (C=O) groups is 1. The fraction of sp³-hybridized carbons (Fsp3) is 0.462. The van der Waals surface area contributed by atoms with Crippen LogP contribution in [0.1, 0.15) is 24.2 Å². The zero-order chi connectivity index (χ0) is 12.4. The highest BCUT2D eigenvalue weighted by Crippen LogP contribution is 2.17. The monoisotopic (exact) mass is 237 g/mol. The average Bonchev–Trinajstić information content (AvgIpc) is 2.33. The molecular formula is C13H16FNO2. The normalized spacial score (nSPS) is 24.8. The summed E-state index contributed by atoms with van der Waals surface area (Å²) in [5, 5.41) is 0. The predicted molar refractivity (Wildman–Crippen MR) is 62.3 cm³/mol. The Kier molecular flexibility index (Phi) is 3.43. The highest BCUT2D eigenvalue weighted by molar-refractivity contribution is 5.94. The molecule has 1 heterocycles.